The number of nitrogens with two attached hydrogens (primary N) is 1. The van der Waals surface area contributed by atoms with Gasteiger partial charge in [0.05, 0.1) is 7.11 Å². The summed E-state index contributed by atoms with van der Waals surface area (Å²) in [5.41, 5.74) is 6.30. The van der Waals surface area contributed by atoms with Crippen molar-refractivity contribution >= 4 is 23.3 Å². The van der Waals surface area contributed by atoms with E-state index in [0.29, 0.717) is 16.3 Å². The van der Waals surface area contributed by atoms with Gasteiger partial charge in [0.25, 0.3) is 5.91 Å². The molecule has 1 aromatic carbocycles. The van der Waals surface area contributed by atoms with Gasteiger partial charge in [-0.3, -0.25) is 4.79 Å². The first-order valence-corrected chi connectivity index (χ1v) is 6.18. The summed E-state index contributed by atoms with van der Waals surface area (Å²) in [4.78, 5) is 11.9. The van der Waals surface area contributed by atoms with Crippen LogP contribution in [0.1, 0.15) is 16.1 Å². The Morgan fingerprint density at radius 3 is 2.80 bits per heavy atom. The fourth-order valence-electron chi connectivity index (χ4n) is 1.62. The van der Waals surface area contributed by atoms with Gasteiger partial charge in [0.1, 0.15) is 11.6 Å². The summed E-state index contributed by atoms with van der Waals surface area (Å²) < 4.78 is 5.20. The highest BCUT2D eigenvalue weighted by atomic mass is 35.5. The number of benzene rings is 1. The first-order chi connectivity index (χ1) is 9.61. The summed E-state index contributed by atoms with van der Waals surface area (Å²) >= 11 is 6.08. The average Bonchev–Trinajstić information content (AvgIpc) is 2.46. The number of nitrogen functional groups attached to an aromatic ring is 1. The number of ether oxygens (including phenoxy) is 1. The molecule has 0 saturated heterocycles. The molecule has 0 bridgehead atoms. The van der Waals surface area contributed by atoms with E-state index in [1.165, 1.54) is 12.1 Å². The van der Waals surface area contributed by atoms with Gasteiger partial charge in [-0.2, -0.15) is 0 Å². The van der Waals surface area contributed by atoms with Crippen LogP contribution in [0.4, 0.5) is 5.82 Å². The predicted molar refractivity (Wildman–Crippen MR) is 75.6 cm³/mol. The number of aromatic nitrogens is 2. The Labute approximate surface area is 120 Å². The van der Waals surface area contributed by atoms with Gasteiger partial charge in [-0.15, -0.1) is 10.2 Å². The minimum Gasteiger partial charge on any atom is -0.496 e. The second kappa shape index (κ2) is 6.21. The lowest BCUT2D eigenvalue weighted by Gasteiger charge is -2.11. The second-order valence-corrected chi connectivity index (χ2v) is 4.35. The number of rotatable bonds is 4. The number of nitrogens with one attached hydrogen (secondary N) is 1. The van der Waals surface area contributed by atoms with Gasteiger partial charge >= 0.3 is 0 Å². The van der Waals surface area contributed by atoms with E-state index >= 15 is 0 Å². The van der Waals surface area contributed by atoms with Crippen LogP contribution in [0.2, 0.25) is 5.02 Å². The molecule has 104 valence electrons. The molecule has 6 nitrogen and oxygen atoms in total. The number of anilines is 1. The number of methoxy groups -OCH3 is 1. The molecule has 7 heteroatoms. The van der Waals surface area contributed by atoms with E-state index in [-0.39, 0.29) is 24.0 Å². The molecule has 1 heterocycles. The summed E-state index contributed by atoms with van der Waals surface area (Å²) in [5, 5.41) is 10.6. The van der Waals surface area contributed by atoms with Gasteiger partial charge in [0.15, 0.2) is 5.69 Å². The monoisotopic (exact) mass is 292 g/mol. The number of halogens is 1. The number of carbonyl (C=O) groups excluding carboxylic acids is 1. The number of hydrogen-bond acceptors (Lipinski definition) is 5. The molecule has 0 saturated carbocycles. The molecule has 1 amide bonds. The maximum absolute atomic E-state index is 11.9. The van der Waals surface area contributed by atoms with Crippen LogP contribution in [0.15, 0.2) is 30.3 Å². The number of hydrogen-bond donors (Lipinski definition) is 2. The fraction of sp³-hybridized carbons (Fsp3) is 0.154. The van der Waals surface area contributed by atoms with Gasteiger partial charge in [-0.1, -0.05) is 17.7 Å². The van der Waals surface area contributed by atoms with Gasteiger partial charge in [-0.25, -0.2) is 0 Å². The topological polar surface area (TPSA) is 90.1 Å². The molecule has 3 N–H and O–H groups in total. The van der Waals surface area contributed by atoms with Crippen LogP contribution >= 0.6 is 11.6 Å². The Balaban J connectivity index is 2.09. The molecule has 0 fully saturated rings. The third-order valence-electron chi connectivity index (χ3n) is 2.64. The van der Waals surface area contributed by atoms with Crippen molar-refractivity contribution < 1.29 is 9.53 Å². The van der Waals surface area contributed by atoms with Crippen LogP contribution in [-0.2, 0) is 6.54 Å². The zero-order chi connectivity index (χ0) is 14.5. The van der Waals surface area contributed by atoms with Gasteiger partial charge in [0, 0.05) is 17.1 Å². The molecule has 0 atom stereocenters. The Bertz CT molecular complexity index is 616. The average molecular weight is 293 g/mol. The Morgan fingerprint density at radius 2 is 2.15 bits per heavy atom. The summed E-state index contributed by atoms with van der Waals surface area (Å²) in [7, 11) is 1.54. The van der Waals surface area contributed by atoms with E-state index in [2.05, 4.69) is 15.5 Å². The predicted octanol–water partition coefficient (Wildman–Crippen LogP) is 1.65. The summed E-state index contributed by atoms with van der Waals surface area (Å²) in [6, 6.07) is 8.29. The lowest BCUT2D eigenvalue weighted by atomic mass is 10.2. The van der Waals surface area contributed by atoms with Crippen molar-refractivity contribution in [1.29, 1.82) is 0 Å². The largest absolute Gasteiger partial charge is 0.496 e. The first kappa shape index (κ1) is 14.1. The van der Waals surface area contributed by atoms with E-state index in [1.807, 2.05) is 0 Å². The minimum atomic E-state index is -0.362. The van der Waals surface area contributed by atoms with E-state index in [4.69, 9.17) is 22.1 Å². The van der Waals surface area contributed by atoms with E-state index < -0.39 is 0 Å². The quantitative estimate of drug-likeness (QED) is 0.894. The Morgan fingerprint density at radius 1 is 1.35 bits per heavy atom. The summed E-state index contributed by atoms with van der Waals surface area (Å²) in [6.07, 6.45) is 0. The molecule has 2 rings (SSSR count). The van der Waals surface area contributed by atoms with E-state index in [1.54, 1.807) is 25.3 Å². The highest BCUT2D eigenvalue weighted by molar-refractivity contribution is 6.31. The van der Waals surface area contributed by atoms with Crippen LogP contribution in [0.3, 0.4) is 0 Å². The fourth-order valence-corrected chi connectivity index (χ4v) is 1.86. The van der Waals surface area contributed by atoms with Crippen molar-refractivity contribution in [2.75, 3.05) is 12.8 Å². The highest BCUT2D eigenvalue weighted by Crippen LogP contribution is 2.25. The normalized spacial score (nSPS) is 10.1. The first-order valence-electron chi connectivity index (χ1n) is 5.80. The molecule has 1 aromatic heterocycles. The molecular weight excluding hydrogens is 280 g/mol. The minimum absolute atomic E-state index is 0.185. The van der Waals surface area contributed by atoms with Gasteiger partial charge < -0.3 is 15.8 Å². The second-order valence-electron chi connectivity index (χ2n) is 3.95. The third-order valence-corrected chi connectivity index (χ3v) is 2.99. The van der Waals surface area contributed by atoms with Crippen molar-refractivity contribution in [1.82, 2.24) is 15.5 Å². The van der Waals surface area contributed by atoms with Crippen LogP contribution in [-0.4, -0.2) is 23.2 Å². The van der Waals surface area contributed by atoms with Gasteiger partial charge in [0.2, 0.25) is 0 Å². The van der Waals surface area contributed by atoms with Crippen molar-refractivity contribution in [3.05, 3.63) is 46.6 Å². The van der Waals surface area contributed by atoms with E-state index in [0.717, 1.165) is 0 Å². The standard InChI is InChI=1S/C13H13ClN4O2/c1-20-11-4-2-3-9(14)8(11)7-16-13(19)10-5-6-12(15)18-17-10/h2-6H,7H2,1H3,(H2,15,18)(H,16,19). The highest BCUT2D eigenvalue weighted by Gasteiger charge is 2.11. The number of nitrogens with zero attached hydrogens (tertiary/aromatic N) is 2. The molecule has 0 radical (unpaired) electrons. The van der Waals surface area contributed by atoms with Crippen molar-refractivity contribution in [2.45, 2.75) is 6.54 Å². The zero-order valence-corrected chi connectivity index (χ0v) is 11.5. The molecule has 20 heavy (non-hydrogen) atoms. The van der Waals surface area contributed by atoms with Crippen molar-refractivity contribution in [2.24, 2.45) is 0 Å². The lowest BCUT2D eigenvalue weighted by Crippen LogP contribution is -2.24. The van der Waals surface area contributed by atoms with Crippen LogP contribution in [0.25, 0.3) is 0 Å². The zero-order valence-electron chi connectivity index (χ0n) is 10.8. The molecule has 2 aromatic rings. The van der Waals surface area contributed by atoms with Gasteiger partial charge in [-0.05, 0) is 24.3 Å². The molecule has 0 unspecified atom stereocenters. The van der Waals surface area contributed by atoms with Crippen molar-refractivity contribution in [3.63, 3.8) is 0 Å². The Hall–Kier alpha value is -2.34. The maximum atomic E-state index is 11.9. The SMILES string of the molecule is COc1cccc(Cl)c1CNC(=O)c1ccc(N)nn1. The van der Waals surface area contributed by atoms with Crippen LogP contribution in [0.5, 0.6) is 5.75 Å². The van der Waals surface area contributed by atoms with E-state index in [9.17, 15) is 4.79 Å². The molecule has 0 aliphatic carbocycles. The van der Waals surface area contributed by atoms with Crippen LogP contribution < -0.4 is 15.8 Å². The number of amides is 1. The molecular formula is C13H13ClN4O2. The summed E-state index contributed by atoms with van der Waals surface area (Å²) in [5.74, 6) is 0.509. The third kappa shape index (κ3) is 3.16. The lowest BCUT2D eigenvalue weighted by molar-refractivity contribution is 0.0945. The molecule has 0 aliphatic heterocycles. The number of carbonyl (C=O) groups is 1. The summed E-state index contributed by atoms with van der Waals surface area (Å²) in [6.45, 7) is 0.230. The van der Waals surface area contributed by atoms with Crippen LogP contribution in [0, 0.1) is 0 Å². The maximum Gasteiger partial charge on any atom is 0.272 e. The Kier molecular flexibility index (Phi) is 4.37. The molecule has 0 spiro atoms. The molecule has 0 aliphatic rings. The smallest absolute Gasteiger partial charge is 0.272 e. The van der Waals surface area contributed by atoms with Crippen molar-refractivity contribution in [3.8, 4) is 5.75 Å².